The van der Waals surface area contributed by atoms with Gasteiger partial charge in [-0.3, -0.25) is 4.79 Å². The Morgan fingerprint density at radius 1 is 1.38 bits per heavy atom. The molecule has 2 N–H and O–H groups in total. The second kappa shape index (κ2) is 6.45. The Labute approximate surface area is 104 Å². The molecule has 1 saturated carbocycles. The number of rotatable bonds is 4. The van der Waals surface area contributed by atoms with Crippen molar-refractivity contribution in [3.63, 3.8) is 0 Å². The van der Waals surface area contributed by atoms with Gasteiger partial charge in [0.2, 0.25) is 5.91 Å². The van der Waals surface area contributed by atoms with Crippen molar-refractivity contribution < 1.29 is 4.79 Å². The summed E-state index contributed by atoms with van der Waals surface area (Å²) in [7, 11) is 0. The zero-order valence-electron chi connectivity index (χ0n) is 10.00. The first-order chi connectivity index (χ1) is 7.25. The van der Waals surface area contributed by atoms with Crippen LogP contribution >= 0.6 is 12.4 Å². The predicted octanol–water partition coefficient (Wildman–Crippen LogP) is 1.86. The summed E-state index contributed by atoms with van der Waals surface area (Å²) in [6, 6.07) is 0.425. The summed E-state index contributed by atoms with van der Waals surface area (Å²) < 4.78 is 0. The first kappa shape index (κ1) is 13.8. The largest absolute Gasteiger partial charge is 0.352 e. The highest BCUT2D eigenvalue weighted by Crippen LogP contribution is 2.33. The van der Waals surface area contributed by atoms with Gasteiger partial charge in [0.15, 0.2) is 0 Å². The van der Waals surface area contributed by atoms with E-state index in [-0.39, 0.29) is 24.4 Å². The molecule has 4 heteroatoms. The maximum absolute atomic E-state index is 11.8. The zero-order chi connectivity index (χ0) is 10.7. The summed E-state index contributed by atoms with van der Waals surface area (Å²) in [5.41, 5.74) is 0. The van der Waals surface area contributed by atoms with E-state index in [1.165, 1.54) is 32.1 Å². The molecule has 0 aromatic carbocycles. The molecule has 1 unspecified atom stereocenters. The van der Waals surface area contributed by atoms with Crippen molar-refractivity contribution in [2.45, 2.75) is 57.5 Å². The number of hydrogen-bond donors (Lipinski definition) is 2. The Bertz CT molecular complexity index is 225. The van der Waals surface area contributed by atoms with Crippen molar-refractivity contribution in [3.8, 4) is 0 Å². The monoisotopic (exact) mass is 246 g/mol. The lowest BCUT2D eigenvalue weighted by Gasteiger charge is -2.24. The van der Waals surface area contributed by atoms with Crippen LogP contribution in [0.15, 0.2) is 0 Å². The maximum Gasteiger partial charge on any atom is 0.237 e. The molecule has 1 amide bonds. The van der Waals surface area contributed by atoms with E-state index in [4.69, 9.17) is 0 Å². The number of nitrogens with one attached hydrogen (secondary N) is 2. The molecule has 2 fully saturated rings. The Balaban J connectivity index is 0.00000128. The first-order valence-corrected chi connectivity index (χ1v) is 6.29. The molecular formula is C12H23ClN2O. The van der Waals surface area contributed by atoms with Gasteiger partial charge < -0.3 is 10.6 Å². The fourth-order valence-corrected chi connectivity index (χ4v) is 2.33. The smallest absolute Gasteiger partial charge is 0.237 e. The minimum absolute atomic E-state index is 0. The molecule has 2 atom stereocenters. The van der Waals surface area contributed by atoms with Crippen LogP contribution in [-0.2, 0) is 4.79 Å². The van der Waals surface area contributed by atoms with Gasteiger partial charge in [-0.1, -0.05) is 19.3 Å². The van der Waals surface area contributed by atoms with Crippen LogP contribution in [0, 0.1) is 5.92 Å². The summed E-state index contributed by atoms with van der Waals surface area (Å²) in [6.07, 6.45) is 7.29. The average Bonchev–Trinajstić information content (AvgIpc) is 3.03. The van der Waals surface area contributed by atoms with Crippen molar-refractivity contribution in [1.29, 1.82) is 0 Å². The fraction of sp³-hybridized carbons (Fsp3) is 0.917. The van der Waals surface area contributed by atoms with Gasteiger partial charge in [-0.2, -0.15) is 0 Å². The molecule has 16 heavy (non-hydrogen) atoms. The number of halogens is 1. The zero-order valence-corrected chi connectivity index (χ0v) is 10.8. The second-order valence-corrected chi connectivity index (χ2v) is 5.09. The van der Waals surface area contributed by atoms with Crippen molar-refractivity contribution in [2.75, 3.05) is 6.54 Å². The summed E-state index contributed by atoms with van der Waals surface area (Å²) in [4.78, 5) is 11.8. The van der Waals surface area contributed by atoms with Gasteiger partial charge in [0, 0.05) is 6.04 Å². The standard InChI is InChI=1S/C12H22N2O.ClH/c1-9(8-10-5-6-10)14-12(15)11-4-2-3-7-13-11;/h9-11,13H,2-8H2,1H3,(H,14,15);1H/t9?,11-;/m0./s1. The molecule has 2 aliphatic rings. The third-order valence-electron chi connectivity index (χ3n) is 3.40. The van der Waals surface area contributed by atoms with Gasteiger partial charge >= 0.3 is 0 Å². The second-order valence-electron chi connectivity index (χ2n) is 5.09. The highest BCUT2D eigenvalue weighted by atomic mass is 35.5. The van der Waals surface area contributed by atoms with E-state index in [1.807, 2.05) is 0 Å². The normalized spacial score (nSPS) is 26.7. The highest BCUT2D eigenvalue weighted by molar-refractivity contribution is 5.85. The first-order valence-electron chi connectivity index (χ1n) is 6.29. The molecule has 0 radical (unpaired) electrons. The molecule has 0 spiro atoms. The lowest BCUT2D eigenvalue weighted by Crippen LogP contribution is -2.49. The van der Waals surface area contributed by atoms with E-state index in [2.05, 4.69) is 17.6 Å². The summed E-state index contributed by atoms with van der Waals surface area (Å²) in [5.74, 6) is 1.10. The van der Waals surface area contributed by atoms with Crippen LogP contribution < -0.4 is 10.6 Å². The van der Waals surface area contributed by atoms with Crippen molar-refractivity contribution >= 4 is 18.3 Å². The van der Waals surface area contributed by atoms with Crippen LogP contribution in [0.3, 0.4) is 0 Å². The van der Waals surface area contributed by atoms with E-state index < -0.39 is 0 Å². The van der Waals surface area contributed by atoms with E-state index >= 15 is 0 Å². The molecule has 1 saturated heterocycles. The number of carbonyl (C=O) groups is 1. The van der Waals surface area contributed by atoms with Gasteiger partial charge in [-0.25, -0.2) is 0 Å². The average molecular weight is 247 g/mol. The van der Waals surface area contributed by atoms with Crippen LogP contribution in [0.25, 0.3) is 0 Å². The van der Waals surface area contributed by atoms with Crippen molar-refractivity contribution in [1.82, 2.24) is 10.6 Å². The third kappa shape index (κ3) is 4.30. The number of amides is 1. The van der Waals surface area contributed by atoms with E-state index in [9.17, 15) is 4.79 Å². The van der Waals surface area contributed by atoms with E-state index in [0.717, 1.165) is 18.9 Å². The molecule has 1 aliphatic heterocycles. The van der Waals surface area contributed by atoms with E-state index in [0.29, 0.717) is 6.04 Å². The fourth-order valence-electron chi connectivity index (χ4n) is 2.33. The third-order valence-corrected chi connectivity index (χ3v) is 3.40. The maximum atomic E-state index is 11.8. The minimum atomic E-state index is 0. The molecule has 3 nitrogen and oxygen atoms in total. The molecule has 0 bridgehead atoms. The van der Waals surface area contributed by atoms with Crippen molar-refractivity contribution in [3.05, 3.63) is 0 Å². The quantitative estimate of drug-likeness (QED) is 0.795. The van der Waals surface area contributed by atoms with Gasteiger partial charge in [-0.15, -0.1) is 12.4 Å². The molecule has 0 aromatic heterocycles. The topological polar surface area (TPSA) is 41.1 Å². The Morgan fingerprint density at radius 3 is 2.69 bits per heavy atom. The Kier molecular flexibility index (Phi) is 5.56. The molecule has 1 aliphatic carbocycles. The van der Waals surface area contributed by atoms with Gasteiger partial charge in [-0.05, 0) is 38.6 Å². The van der Waals surface area contributed by atoms with Crippen LogP contribution in [0.5, 0.6) is 0 Å². The van der Waals surface area contributed by atoms with Gasteiger partial charge in [0.1, 0.15) is 0 Å². The predicted molar refractivity (Wildman–Crippen MR) is 67.8 cm³/mol. The van der Waals surface area contributed by atoms with Crippen LogP contribution in [0.1, 0.15) is 45.4 Å². The molecular weight excluding hydrogens is 224 g/mol. The molecule has 94 valence electrons. The van der Waals surface area contributed by atoms with E-state index in [1.54, 1.807) is 0 Å². The van der Waals surface area contributed by atoms with Gasteiger partial charge in [0.25, 0.3) is 0 Å². The lowest BCUT2D eigenvalue weighted by atomic mass is 10.0. The van der Waals surface area contributed by atoms with Crippen molar-refractivity contribution in [2.24, 2.45) is 5.92 Å². The summed E-state index contributed by atoms with van der Waals surface area (Å²) >= 11 is 0. The molecule has 1 heterocycles. The number of piperidine rings is 1. The molecule has 2 rings (SSSR count). The summed E-state index contributed by atoms with van der Waals surface area (Å²) in [6.45, 7) is 3.12. The van der Waals surface area contributed by atoms with Gasteiger partial charge in [0.05, 0.1) is 6.04 Å². The lowest BCUT2D eigenvalue weighted by molar-refractivity contribution is -0.124. The highest BCUT2D eigenvalue weighted by Gasteiger charge is 2.26. The van der Waals surface area contributed by atoms with Crippen LogP contribution in [0.4, 0.5) is 0 Å². The minimum Gasteiger partial charge on any atom is -0.352 e. The summed E-state index contributed by atoms with van der Waals surface area (Å²) in [5, 5.41) is 6.40. The van der Waals surface area contributed by atoms with Crippen LogP contribution in [0.2, 0.25) is 0 Å². The number of hydrogen-bond acceptors (Lipinski definition) is 2. The van der Waals surface area contributed by atoms with Crippen LogP contribution in [-0.4, -0.2) is 24.5 Å². The number of carbonyl (C=O) groups excluding carboxylic acids is 1. The Morgan fingerprint density at radius 2 is 2.12 bits per heavy atom. The Hall–Kier alpha value is -0.280. The SMILES string of the molecule is CC(CC1CC1)NC(=O)[C@@H]1CCCCN1.Cl. The molecule has 0 aromatic rings.